The number of aromatic nitrogens is 2. The summed E-state index contributed by atoms with van der Waals surface area (Å²) in [6.07, 6.45) is 4.65. The van der Waals surface area contributed by atoms with Crippen molar-refractivity contribution in [2.24, 2.45) is 0 Å². The summed E-state index contributed by atoms with van der Waals surface area (Å²) in [5.41, 5.74) is 2.10. The molecule has 2 saturated heterocycles. The van der Waals surface area contributed by atoms with Crippen LogP contribution in [0.15, 0.2) is 41.7 Å². The van der Waals surface area contributed by atoms with Gasteiger partial charge in [0.1, 0.15) is 0 Å². The Kier molecular flexibility index (Phi) is 4.58. The lowest BCUT2D eigenvalue weighted by atomic mass is 10.1. The van der Waals surface area contributed by atoms with Crippen LogP contribution < -0.4 is 0 Å². The first-order chi connectivity index (χ1) is 11.8. The van der Waals surface area contributed by atoms with Gasteiger partial charge in [-0.15, -0.1) is 0 Å². The molecule has 2 aromatic rings. The number of thioether (sulfide) groups is 1. The van der Waals surface area contributed by atoms with Gasteiger partial charge in [-0.3, -0.25) is 4.79 Å². The smallest absolute Gasteiger partial charge is 0.236 e. The minimum Gasteiger partial charge on any atom is -0.381 e. The van der Waals surface area contributed by atoms with Gasteiger partial charge in [-0.25, -0.2) is 4.98 Å². The van der Waals surface area contributed by atoms with Gasteiger partial charge in [-0.05, 0) is 24.8 Å². The van der Waals surface area contributed by atoms with Crippen molar-refractivity contribution in [2.45, 2.75) is 35.7 Å². The number of amides is 1. The summed E-state index contributed by atoms with van der Waals surface area (Å²) in [6.45, 7) is 2.39. The maximum absolute atomic E-state index is 12.7. The Hall–Kier alpha value is -1.79. The lowest BCUT2D eigenvalue weighted by Crippen LogP contribution is -2.41. The molecule has 1 N–H and O–H groups in total. The van der Waals surface area contributed by atoms with Gasteiger partial charge in [-0.1, -0.05) is 42.1 Å². The number of imidazole rings is 1. The maximum atomic E-state index is 12.7. The van der Waals surface area contributed by atoms with Crippen LogP contribution in [0.25, 0.3) is 11.3 Å². The molecule has 126 valence electrons. The largest absolute Gasteiger partial charge is 0.381 e. The topological polar surface area (TPSA) is 58.2 Å². The molecule has 2 aliphatic heterocycles. The van der Waals surface area contributed by atoms with E-state index >= 15 is 0 Å². The third kappa shape index (κ3) is 3.21. The molecule has 1 aromatic carbocycles. The fraction of sp³-hybridized carbons (Fsp3) is 0.444. The summed E-state index contributed by atoms with van der Waals surface area (Å²) in [6, 6.07) is 10.5. The number of nitrogens with one attached hydrogen (secondary N) is 1. The van der Waals surface area contributed by atoms with Gasteiger partial charge in [0.05, 0.1) is 17.1 Å². The van der Waals surface area contributed by atoms with Gasteiger partial charge in [0.15, 0.2) is 5.16 Å². The number of rotatable bonds is 4. The van der Waals surface area contributed by atoms with Gasteiger partial charge >= 0.3 is 0 Å². The SMILES string of the molecule is O=C1[C@@H](Sc2ncc(-c3ccccc3)[nH]2)CCN1C1CCOCC1. The Bertz CT molecular complexity index is 697. The number of carbonyl (C=O) groups excluding carboxylic acids is 1. The van der Waals surface area contributed by atoms with Crippen LogP contribution in [0, 0.1) is 0 Å². The minimum absolute atomic E-state index is 0.0254. The third-order valence-electron chi connectivity index (χ3n) is 4.71. The van der Waals surface area contributed by atoms with E-state index in [0.717, 1.165) is 55.4 Å². The Labute approximate surface area is 145 Å². The zero-order chi connectivity index (χ0) is 16.4. The highest BCUT2D eigenvalue weighted by Gasteiger charge is 2.37. The van der Waals surface area contributed by atoms with Crippen molar-refractivity contribution < 1.29 is 9.53 Å². The van der Waals surface area contributed by atoms with Crippen LogP contribution in [0.2, 0.25) is 0 Å². The van der Waals surface area contributed by atoms with Crippen molar-refractivity contribution in [1.82, 2.24) is 14.9 Å². The van der Waals surface area contributed by atoms with E-state index in [1.165, 1.54) is 0 Å². The Balaban J connectivity index is 1.41. The second-order valence-electron chi connectivity index (χ2n) is 6.24. The molecule has 2 fully saturated rings. The number of carbonyl (C=O) groups is 1. The predicted octanol–water partition coefficient (Wildman–Crippen LogP) is 2.95. The molecule has 0 aliphatic carbocycles. The van der Waals surface area contributed by atoms with Crippen molar-refractivity contribution in [3.63, 3.8) is 0 Å². The molecule has 0 unspecified atom stereocenters. The number of benzene rings is 1. The van der Waals surface area contributed by atoms with Crippen molar-refractivity contribution in [3.05, 3.63) is 36.5 Å². The van der Waals surface area contributed by atoms with E-state index in [2.05, 4.69) is 27.0 Å². The zero-order valence-corrected chi connectivity index (χ0v) is 14.3. The molecule has 2 aliphatic rings. The molecule has 1 aromatic heterocycles. The summed E-state index contributed by atoms with van der Waals surface area (Å²) in [4.78, 5) is 22.5. The maximum Gasteiger partial charge on any atom is 0.236 e. The highest BCUT2D eigenvalue weighted by Crippen LogP contribution is 2.32. The lowest BCUT2D eigenvalue weighted by Gasteiger charge is -2.31. The molecule has 0 radical (unpaired) electrons. The molecule has 0 saturated carbocycles. The second-order valence-corrected chi connectivity index (χ2v) is 7.43. The normalized spacial score (nSPS) is 22.2. The lowest BCUT2D eigenvalue weighted by molar-refractivity contribution is -0.130. The first-order valence-electron chi connectivity index (χ1n) is 8.46. The summed E-state index contributed by atoms with van der Waals surface area (Å²) >= 11 is 1.55. The van der Waals surface area contributed by atoms with Gasteiger partial charge in [0.2, 0.25) is 5.91 Å². The Morgan fingerprint density at radius 3 is 2.75 bits per heavy atom. The minimum atomic E-state index is -0.0254. The zero-order valence-electron chi connectivity index (χ0n) is 13.5. The van der Waals surface area contributed by atoms with E-state index < -0.39 is 0 Å². The van der Waals surface area contributed by atoms with Crippen LogP contribution in [0.1, 0.15) is 19.3 Å². The monoisotopic (exact) mass is 343 g/mol. The van der Waals surface area contributed by atoms with Gasteiger partial charge in [0, 0.05) is 25.8 Å². The van der Waals surface area contributed by atoms with Crippen molar-refractivity contribution in [3.8, 4) is 11.3 Å². The summed E-state index contributed by atoms with van der Waals surface area (Å²) in [7, 11) is 0. The number of hydrogen-bond donors (Lipinski definition) is 1. The predicted molar refractivity (Wildman–Crippen MR) is 93.8 cm³/mol. The van der Waals surface area contributed by atoms with Crippen molar-refractivity contribution >= 4 is 17.7 Å². The van der Waals surface area contributed by atoms with Crippen molar-refractivity contribution in [1.29, 1.82) is 0 Å². The molecule has 0 bridgehead atoms. The number of ether oxygens (including phenoxy) is 1. The molecule has 1 amide bonds. The molecule has 3 heterocycles. The average Bonchev–Trinajstić information content (AvgIpc) is 3.25. The van der Waals surface area contributed by atoms with Crippen LogP contribution in [0.3, 0.4) is 0 Å². The number of aromatic amines is 1. The fourth-order valence-corrected chi connectivity index (χ4v) is 4.42. The quantitative estimate of drug-likeness (QED) is 0.927. The number of likely N-dealkylation sites (tertiary alicyclic amines) is 1. The summed E-state index contributed by atoms with van der Waals surface area (Å²) in [5.74, 6) is 0.254. The molecular formula is C18H21N3O2S. The molecule has 5 nitrogen and oxygen atoms in total. The van der Waals surface area contributed by atoms with E-state index in [0.29, 0.717) is 6.04 Å². The van der Waals surface area contributed by atoms with E-state index in [1.807, 2.05) is 24.4 Å². The highest BCUT2D eigenvalue weighted by molar-refractivity contribution is 8.00. The average molecular weight is 343 g/mol. The molecular weight excluding hydrogens is 322 g/mol. The summed E-state index contributed by atoms with van der Waals surface area (Å²) < 4.78 is 5.40. The van der Waals surface area contributed by atoms with E-state index in [-0.39, 0.29) is 11.2 Å². The standard InChI is InChI=1S/C18H21N3O2S/c22-17-16(6-9-21(17)14-7-10-23-11-8-14)24-18-19-12-15(20-18)13-4-2-1-3-5-13/h1-5,12,14,16H,6-11H2,(H,19,20)/t16-/m0/s1. The Morgan fingerprint density at radius 1 is 1.17 bits per heavy atom. The highest BCUT2D eigenvalue weighted by atomic mass is 32.2. The molecule has 6 heteroatoms. The van der Waals surface area contributed by atoms with Crippen LogP contribution in [-0.2, 0) is 9.53 Å². The molecule has 4 rings (SSSR count). The number of hydrogen-bond acceptors (Lipinski definition) is 4. The summed E-state index contributed by atoms with van der Waals surface area (Å²) in [5, 5.41) is 0.795. The van der Waals surface area contributed by atoms with E-state index in [9.17, 15) is 4.79 Å². The van der Waals surface area contributed by atoms with E-state index in [1.54, 1.807) is 11.8 Å². The third-order valence-corrected chi connectivity index (χ3v) is 5.87. The molecule has 1 atom stereocenters. The molecule has 0 spiro atoms. The van der Waals surface area contributed by atoms with Crippen LogP contribution >= 0.6 is 11.8 Å². The van der Waals surface area contributed by atoms with Gasteiger partial charge < -0.3 is 14.6 Å². The molecule has 24 heavy (non-hydrogen) atoms. The Morgan fingerprint density at radius 2 is 1.96 bits per heavy atom. The van der Waals surface area contributed by atoms with Gasteiger partial charge in [-0.2, -0.15) is 0 Å². The van der Waals surface area contributed by atoms with Crippen LogP contribution in [0.5, 0.6) is 0 Å². The first kappa shape index (κ1) is 15.7. The van der Waals surface area contributed by atoms with Crippen LogP contribution in [-0.4, -0.2) is 51.8 Å². The second kappa shape index (κ2) is 6.99. The van der Waals surface area contributed by atoms with Gasteiger partial charge in [0.25, 0.3) is 0 Å². The first-order valence-corrected chi connectivity index (χ1v) is 9.34. The van der Waals surface area contributed by atoms with E-state index in [4.69, 9.17) is 4.74 Å². The van der Waals surface area contributed by atoms with Crippen molar-refractivity contribution in [2.75, 3.05) is 19.8 Å². The fourth-order valence-electron chi connectivity index (χ4n) is 3.41. The number of H-pyrrole nitrogens is 1. The van der Waals surface area contributed by atoms with Crippen LogP contribution in [0.4, 0.5) is 0 Å². The number of nitrogens with zero attached hydrogens (tertiary/aromatic N) is 2.